The molecule has 1 unspecified atom stereocenters. The highest BCUT2D eigenvalue weighted by Crippen LogP contribution is 2.38. The molecule has 56 heavy (non-hydrogen) atoms. The molecule has 0 fully saturated rings. The van der Waals surface area contributed by atoms with Crippen LogP contribution in [0.2, 0.25) is 0 Å². The number of para-hydroxylation sites is 3. The van der Waals surface area contributed by atoms with Crippen LogP contribution in [0.3, 0.4) is 0 Å². The van der Waals surface area contributed by atoms with Gasteiger partial charge in [-0.2, -0.15) is 0 Å². The normalized spacial score (nSPS) is 15.6. The lowest BCUT2D eigenvalue weighted by Gasteiger charge is -2.29. The van der Waals surface area contributed by atoms with Crippen molar-refractivity contribution >= 4 is 60.8 Å². The van der Waals surface area contributed by atoms with Gasteiger partial charge in [0.05, 0.1) is 27.8 Å². The van der Waals surface area contributed by atoms with Crippen molar-refractivity contribution < 1.29 is 0 Å². The van der Waals surface area contributed by atoms with Crippen molar-refractivity contribution in [1.29, 1.82) is 0 Å². The predicted octanol–water partition coefficient (Wildman–Crippen LogP) is 11.3. The van der Waals surface area contributed by atoms with E-state index in [1.807, 2.05) is 6.07 Å². The summed E-state index contributed by atoms with van der Waals surface area (Å²) in [7, 11) is 0. The zero-order chi connectivity index (χ0) is 37.0. The lowest BCUT2D eigenvalue weighted by molar-refractivity contribution is 0.671. The molecule has 266 valence electrons. The van der Waals surface area contributed by atoms with E-state index in [0.717, 1.165) is 28.4 Å². The second-order valence-electron chi connectivity index (χ2n) is 14.5. The lowest BCUT2D eigenvalue weighted by Crippen LogP contribution is -2.37. The molecule has 9 aromatic rings. The van der Waals surface area contributed by atoms with Crippen molar-refractivity contribution in [3.05, 3.63) is 211 Å². The summed E-state index contributed by atoms with van der Waals surface area (Å²) in [5.41, 5.74) is 13.8. The van der Waals surface area contributed by atoms with E-state index in [9.17, 15) is 0 Å². The first kappa shape index (κ1) is 32.1. The Labute approximate surface area is 324 Å². The second-order valence-corrected chi connectivity index (χ2v) is 14.5. The number of nitrogens with one attached hydrogen (secondary N) is 2. The third-order valence-corrected chi connectivity index (χ3v) is 11.2. The van der Waals surface area contributed by atoms with Crippen LogP contribution in [0.1, 0.15) is 11.1 Å². The molecule has 0 aliphatic carbocycles. The average molecular weight is 720 g/mol. The zero-order valence-electron chi connectivity index (χ0n) is 30.6. The van der Waals surface area contributed by atoms with Crippen LogP contribution in [0.15, 0.2) is 205 Å². The Morgan fingerprint density at radius 2 is 1.00 bits per heavy atom. The zero-order valence-corrected chi connectivity index (χ0v) is 30.6. The monoisotopic (exact) mass is 719 g/mol. The molecule has 5 nitrogen and oxygen atoms in total. The Morgan fingerprint density at radius 3 is 1.62 bits per heavy atom. The van der Waals surface area contributed by atoms with Crippen LogP contribution in [-0.2, 0) is 0 Å². The molecule has 2 aliphatic rings. The number of allylic oxidation sites excluding steroid dienone is 3. The fraction of sp³-hybridized carbons (Fsp3) is 0.0392. The van der Waals surface area contributed by atoms with Crippen molar-refractivity contribution in [2.75, 3.05) is 6.54 Å². The van der Waals surface area contributed by atoms with Crippen LogP contribution in [0.25, 0.3) is 71.9 Å². The van der Waals surface area contributed by atoms with E-state index in [1.54, 1.807) is 0 Å². The summed E-state index contributed by atoms with van der Waals surface area (Å²) in [6.07, 6.45) is 6.40. The summed E-state index contributed by atoms with van der Waals surface area (Å²) < 4.78 is 4.73. The maximum Gasteiger partial charge on any atom is 0.143 e. The van der Waals surface area contributed by atoms with Gasteiger partial charge in [0, 0.05) is 39.5 Å². The quantitative estimate of drug-likeness (QED) is 0.180. The van der Waals surface area contributed by atoms with Gasteiger partial charge in [-0.1, -0.05) is 133 Å². The van der Waals surface area contributed by atoms with E-state index in [0.29, 0.717) is 6.54 Å². The van der Waals surface area contributed by atoms with Crippen LogP contribution in [0, 0.1) is 0 Å². The first-order valence-electron chi connectivity index (χ1n) is 19.2. The van der Waals surface area contributed by atoms with Gasteiger partial charge in [0.2, 0.25) is 0 Å². The molecule has 0 saturated heterocycles. The largest absolute Gasteiger partial charge is 0.367 e. The first-order chi connectivity index (χ1) is 27.8. The minimum absolute atomic E-state index is 0.199. The van der Waals surface area contributed by atoms with Gasteiger partial charge >= 0.3 is 0 Å². The smallest absolute Gasteiger partial charge is 0.143 e. The van der Waals surface area contributed by atoms with Crippen LogP contribution in [0.4, 0.5) is 0 Å². The lowest BCUT2D eigenvalue weighted by atomic mass is 10.0. The molecule has 0 amide bonds. The number of fused-ring (bicyclic) bond motifs is 6. The SMILES string of the molecule is C1=C(c2ccccc2)NC(C2=CC=C(n3c4ccccc4c4cc(-c5ccc6c(c5)c5ccccc5n6-c5ccccc5)ccc43)NC2)N=C1c1ccccc1. The van der Waals surface area contributed by atoms with Crippen molar-refractivity contribution in [2.45, 2.75) is 6.17 Å². The first-order valence-corrected chi connectivity index (χ1v) is 19.2. The standard InChI is InChI=1S/C51H37N5/c1-4-14-34(15-5-1)44-32-45(35-16-6-2-7-17-35)54-51(53-44)38-26-29-50(52-33-38)56-47-23-13-11-21-41(47)43-31-37(25-28-49(43)56)36-24-27-48-42(30-36)40-20-10-12-22-46(40)55(48)39-18-8-3-9-19-39/h1-32,51-53H,33H2. The average Bonchev–Trinajstić information content (AvgIpc) is 3.79. The Morgan fingerprint density at radius 1 is 0.464 bits per heavy atom. The van der Waals surface area contributed by atoms with E-state index in [4.69, 9.17) is 4.99 Å². The fourth-order valence-corrected chi connectivity index (χ4v) is 8.52. The van der Waals surface area contributed by atoms with Crippen molar-refractivity contribution in [2.24, 2.45) is 4.99 Å². The topological polar surface area (TPSA) is 46.3 Å². The number of dihydropyridines is 1. The van der Waals surface area contributed by atoms with Crippen molar-refractivity contribution in [1.82, 2.24) is 19.8 Å². The van der Waals surface area contributed by atoms with Gasteiger partial charge in [0.25, 0.3) is 0 Å². The summed E-state index contributed by atoms with van der Waals surface area (Å²) >= 11 is 0. The molecule has 11 rings (SSSR count). The minimum atomic E-state index is -0.199. The summed E-state index contributed by atoms with van der Waals surface area (Å²) in [4.78, 5) is 5.21. The third kappa shape index (κ3) is 5.36. The van der Waals surface area contributed by atoms with Crippen LogP contribution >= 0.6 is 0 Å². The molecule has 0 saturated carbocycles. The van der Waals surface area contributed by atoms with Crippen LogP contribution in [0.5, 0.6) is 0 Å². The fourth-order valence-electron chi connectivity index (χ4n) is 8.52. The Balaban J connectivity index is 0.977. The number of hydrogen-bond acceptors (Lipinski definition) is 3. The molecule has 2 N–H and O–H groups in total. The number of aromatic nitrogens is 2. The highest BCUT2D eigenvalue weighted by atomic mass is 15.2. The maximum atomic E-state index is 5.21. The van der Waals surface area contributed by atoms with Gasteiger partial charge in [0.15, 0.2) is 0 Å². The molecular weight excluding hydrogens is 683 g/mol. The highest BCUT2D eigenvalue weighted by Gasteiger charge is 2.24. The molecule has 5 heteroatoms. The van der Waals surface area contributed by atoms with Crippen molar-refractivity contribution in [3.63, 3.8) is 0 Å². The summed E-state index contributed by atoms with van der Waals surface area (Å²) in [6, 6.07) is 62.8. The molecule has 2 aromatic heterocycles. The Bertz CT molecular complexity index is 3090. The van der Waals surface area contributed by atoms with Crippen LogP contribution < -0.4 is 10.6 Å². The van der Waals surface area contributed by atoms with Gasteiger partial charge in [-0.15, -0.1) is 0 Å². The second kappa shape index (κ2) is 13.2. The molecule has 0 radical (unpaired) electrons. The number of rotatable bonds is 6. The number of nitrogens with zero attached hydrogens (tertiary/aromatic N) is 3. The predicted molar refractivity (Wildman–Crippen MR) is 234 cm³/mol. The van der Waals surface area contributed by atoms with E-state index in [-0.39, 0.29) is 6.17 Å². The number of hydrogen-bond donors (Lipinski definition) is 2. The van der Waals surface area contributed by atoms with E-state index < -0.39 is 0 Å². The van der Waals surface area contributed by atoms with Gasteiger partial charge < -0.3 is 15.2 Å². The van der Waals surface area contributed by atoms with Crippen molar-refractivity contribution in [3.8, 4) is 16.8 Å². The number of benzene rings is 7. The Kier molecular flexibility index (Phi) is 7.56. The summed E-state index contributed by atoms with van der Waals surface area (Å²) in [5, 5.41) is 12.5. The Hall–Kier alpha value is -7.37. The number of aliphatic imine (C=N–C) groups is 1. The maximum absolute atomic E-state index is 5.21. The molecular formula is C51H37N5. The molecule has 2 aliphatic heterocycles. The van der Waals surface area contributed by atoms with Gasteiger partial charge in [0.1, 0.15) is 12.0 Å². The summed E-state index contributed by atoms with van der Waals surface area (Å²) in [6.45, 7) is 0.666. The molecule has 0 spiro atoms. The van der Waals surface area contributed by atoms with E-state index in [2.05, 4.69) is 208 Å². The third-order valence-electron chi connectivity index (χ3n) is 11.2. The summed E-state index contributed by atoms with van der Waals surface area (Å²) in [5.74, 6) is 1.05. The van der Waals surface area contributed by atoms with Gasteiger partial charge in [-0.25, -0.2) is 0 Å². The van der Waals surface area contributed by atoms with Gasteiger partial charge in [-0.3, -0.25) is 9.56 Å². The molecule has 7 aromatic carbocycles. The van der Waals surface area contributed by atoms with E-state index in [1.165, 1.54) is 66.0 Å². The molecule has 0 bridgehead atoms. The highest BCUT2D eigenvalue weighted by molar-refractivity contribution is 6.14. The molecule has 4 heterocycles. The molecule has 1 atom stereocenters. The van der Waals surface area contributed by atoms with E-state index >= 15 is 0 Å². The van der Waals surface area contributed by atoms with Gasteiger partial charge in [-0.05, 0) is 88.5 Å². The van der Waals surface area contributed by atoms with Crippen LogP contribution in [-0.4, -0.2) is 27.6 Å². The minimum Gasteiger partial charge on any atom is -0.367 e.